The average molecular weight is 378 g/mol. The number of rotatable bonds is 3. The highest BCUT2D eigenvalue weighted by molar-refractivity contribution is 7.07. The molecule has 4 rings (SSSR count). The zero-order valence-corrected chi connectivity index (χ0v) is 15.1. The minimum atomic E-state index is -0.455. The summed E-state index contributed by atoms with van der Waals surface area (Å²) in [6.45, 7) is 0.160. The lowest BCUT2D eigenvalue weighted by Crippen LogP contribution is -2.29. The minimum Gasteiger partial charge on any atom is -0.327 e. The summed E-state index contributed by atoms with van der Waals surface area (Å²) in [4.78, 5) is 47.4. The number of pyridine rings is 1. The second-order valence-electron chi connectivity index (χ2n) is 6.03. The van der Waals surface area contributed by atoms with Crippen molar-refractivity contribution >= 4 is 29.1 Å². The van der Waals surface area contributed by atoms with Crippen LogP contribution in [0.4, 0.5) is 0 Å². The molecule has 134 valence electrons. The summed E-state index contributed by atoms with van der Waals surface area (Å²) >= 11 is 1.34. The molecule has 0 saturated heterocycles. The van der Waals surface area contributed by atoms with Gasteiger partial charge in [0.25, 0.3) is 17.7 Å². The Kier molecular flexibility index (Phi) is 4.25. The summed E-state index contributed by atoms with van der Waals surface area (Å²) < 4.78 is 1.74. The number of benzene rings is 1. The first-order valence-corrected chi connectivity index (χ1v) is 9.01. The molecule has 0 bridgehead atoms. The number of hydrogen-bond donors (Lipinski definition) is 0. The molecule has 0 saturated carbocycles. The lowest BCUT2D eigenvalue weighted by molar-refractivity contribution is 0.0642. The molecule has 1 aliphatic rings. The van der Waals surface area contributed by atoms with Crippen molar-refractivity contribution in [2.24, 2.45) is 12.0 Å². The Morgan fingerprint density at radius 2 is 1.85 bits per heavy atom. The Hall–Kier alpha value is -3.39. The number of aryl methyl sites for hydroxylation is 1. The van der Waals surface area contributed by atoms with Gasteiger partial charge >= 0.3 is 0 Å². The third-order valence-electron chi connectivity index (χ3n) is 4.26. The molecule has 0 N–H and O–H groups in total. The van der Waals surface area contributed by atoms with Crippen molar-refractivity contribution < 1.29 is 14.4 Å². The predicted molar refractivity (Wildman–Crippen MR) is 98.1 cm³/mol. The molecule has 0 spiro atoms. The van der Waals surface area contributed by atoms with Gasteiger partial charge in [0.1, 0.15) is 0 Å². The van der Waals surface area contributed by atoms with Crippen LogP contribution in [0.2, 0.25) is 0 Å². The molecule has 0 unspecified atom stereocenters. The molecule has 3 aromatic rings. The first kappa shape index (κ1) is 17.0. The van der Waals surface area contributed by atoms with Gasteiger partial charge in [-0.05, 0) is 35.9 Å². The second-order valence-corrected chi connectivity index (χ2v) is 6.90. The Bertz CT molecular complexity index is 1130. The molecule has 8 heteroatoms. The van der Waals surface area contributed by atoms with Crippen molar-refractivity contribution in [2.45, 2.75) is 6.54 Å². The van der Waals surface area contributed by atoms with Gasteiger partial charge in [0.05, 0.1) is 17.7 Å². The van der Waals surface area contributed by atoms with Crippen LogP contribution in [0.15, 0.2) is 59.3 Å². The second kappa shape index (κ2) is 6.73. The maximum absolute atomic E-state index is 12.7. The fourth-order valence-electron chi connectivity index (χ4n) is 2.82. The molecule has 3 heterocycles. The molecule has 0 aliphatic carbocycles. The van der Waals surface area contributed by atoms with Gasteiger partial charge in [0.2, 0.25) is 0 Å². The summed E-state index contributed by atoms with van der Waals surface area (Å²) in [5.41, 5.74) is 1.60. The van der Waals surface area contributed by atoms with Gasteiger partial charge in [-0.3, -0.25) is 24.3 Å². The van der Waals surface area contributed by atoms with Gasteiger partial charge in [-0.1, -0.05) is 0 Å². The number of carbonyl (C=O) groups excluding carboxylic acids is 3. The van der Waals surface area contributed by atoms with Gasteiger partial charge in [0.15, 0.2) is 4.80 Å². The van der Waals surface area contributed by atoms with Gasteiger partial charge in [-0.25, -0.2) is 0 Å². The highest BCUT2D eigenvalue weighted by Crippen LogP contribution is 2.25. The van der Waals surface area contributed by atoms with E-state index in [0.29, 0.717) is 10.4 Å². The van der Waals surface area contributed by atoms with E-state index in [1.807, 2.05) is 5.38 Å². The SMILES string of the molecule is Cn1ccsc1=NC(=O)c1ccc2c(c1)C(=O)N(Cc1ccncc1)C2=O. The Morgan fingerprint density at radius 3 is 2.56 bits per heavy atom. The average Bonchev–Trinajstić information content (AvgIpc) is 3.19. The van der Waals surface area contributed by atoms with Crippen molar-refractivity contribution in [3.05, 3.63) is 81.4 Å². The zero-order chi connectivity index (χ0) is 19.0. The van der Waals surface area contributed by atoms with Crippen molar-refractivity contribution in [2.75, 3.05) is 0 Å². The number of imide groups is 1. The normalized spacial score (nSPS) is 14.0. The number of amides is 3. The number of fused-ring (bicyclic) bond motifs is 1. The van der Waals surface area contributed by atoms with Gasteiger partial charge in [-0.15, -0.1) is 11.3 Å². The molecule has 1 aliphatic heterocycles. The monoisotopic (exact) mass is 378 g/mol. The molecule has 0 atom stereocenters. The quantitative estimate of drug-likeness (QED) is 0.653. The summed E-state index contributed by atoms with van der Waals surface area (Å²) in [5, 5.41) is 1.83. The Morgan fingerprint density at radius 1 is 1.11 bits per heavy atom. The molecular weight excluding hydrogens is 364 g/mol. The molecule has 3 amide bonds. The smallest absolute Gasteiger partial charge is 0.279 e. The van der Waals surface area contributed by atoms with Crippen LogP contribution in [0.5, 0.6) is 0 Å². The van der Waals surface area contributed by atoms with E-state index in [1.54, 1.807) is 42.3 Å². The van der Waals surface area contributed by atoms with Crippen LogP contribution in [-0.2, 0) is 13.6 Å². The maximum Gasteiger partial charge on any atom is 0.279 e. The fourth-order valence-corrected chi connectivity index (χ4v) is 3.55. The number of thiazole rings is 1. The van der Waals surface area contributed by atoms with E-state index >= 15 is 0 Å². The van der Waals surface area contributed by atoms with Crippen LogP contribution >= 0.6 is 11.3 Å². The van der Waals surface area contributed by atoms with Gasteiger partial charge in [0, 0.05) is 36.6 Å². The summed E-state index contributed by atoms with van der Waals surface area (Å²) in [7, 11) is 1.80. The van der Waals surface area contributed by atoms with E-state index in [9.17, 15) is 14.4 Å². The molecule has 0 radical (unpaired) electrons. The van der Waals surface area contributed by atoms with Crippen molar-refractivity contribution in [3.63, 3.8) is 0 Å². The number of hydrogen-bond acceptors (Lipinski definition) is 5. The Balaban J connectivity index is 1.65. The number of nitrogens with zero attached hydrogens (tertiary/aromatic N) is 4. The largest absolute Gasteiger partial charge is 0.327 e. The van der Waals surface area contributed by atoms with Gasteiger partial charge in [-0.2, -0.15) is 4.99 Å². The first-order valence-electron chi connectivity index (χ1n) is 8.13. The van der Waals surface area contributed by atoms with E-state index in [0.717, 1.165) is 5.56 Å². The number of carbonyl (C=O) groups is 3. The molecule has 0 fully saturated rings. The zero-order valence-electron chi connectivity index (χ0n) is 14.3. The van der Waals surface area contributed by atoms with Gasteiger partial charge < -0.3 is 4.57 Å². The van der Waals surface area contributed by atoms with Crippen LogP contribution in [0.1, 0.15) is 36.6 Å². The van der Waals surface area contributed by atoms with E-state index < -0.39 is 11.8 Å². The van der Waals surface area contributed by atoms with E-state index in [-0.39, 0.29) is 23.6 Å². The first-order chi connectivity index (χ1) is 13.0. The van der Waals surface area contributed by atoms with Crippen LogP contribution in [0.25, 0.3) is 0 Å². The van der Waals surface area contributed by atoms with Crippen molar-refractivity contribution in [1.29, 1.82) is 0 Å². The topological polar surface area (TPSA) is 84.6 Å². The number of aromatic nitrogens is 2. The highest BCUT2D eigenvalue weighted by atomic mass is 32.1. The third kappa shape index (κ3) is 3.11. The molecule has 1 aromatic carbocycles. The van der Waals surface area contributed by atoms with Crippen LogP contribution in [0, 0.1) is 0 Å². The summed E-state index contributed by atoms with van der Waals surface area (Å²) in [5.74, 6) is -1.24. The summed E-state index contributed by atoms with van der Waals surface area (Å²) in [6, 6.07) is 7.98. The van der Waals surface area contributed by atoms with Crippen LogP contribution in [-0.4, -0.2) is 32.2 Å². The molecule has 2 aromatic heterocycles. The van der Waals surface area contributed by atoms with Crippen molar-refractivity contribution in [1.82, 2.24) is 14.5 Å². The fraction of sp³-hybridized carbons (Fsp3) is 0.105. The van der Waals surface area contributed by atoms with E-state index in [4.69, 9.17) is 0 Å². The van der Waals surface area contributed by atoms with Crippen LogP contribution < -0.4 is 4.80 Å². The highest BCUT2D eigenvalue weighted by Gasteiger charge is 2.35. The lowest BCUT2D eigenvalue weighted by atomic mass is 10.1. The molecule has 7 nitrogen and oxygen atoms in total. The Labute approximate surface area is 158 Å². The summed E-state index contributed by atoms with van der Waals surface area (Å²) in [6.07, 6.45) is 5.02. The molecular formula is C19H14N4O3S. The van der Waals surface area contributed by atoms with E-state index in [1.165, 1.54) is 34.4 Å². The standard InChI is InChI=1S/C19H14N4O3S/c1-22-8-9-27-19(22)21-16(24)13-2-3-14-15(10-13)18(26)23(17(14)25)11-12-4-6-20-7-5-12/h2-10H,11H2,1H3. The third-order valence-corrected chi connectivity index (χ3v) is 5.11. The predicted octanol–water partition coefficient (Wildman–Crippen LogP) is 2.02. The molecule has 27 heavy (non-hydrogen) atoms. The lowest BCUT2D eigenvalue weighted by Gasteiger charge is -2.13. The minimum absolute atomic E-state index is 0.160. The van der Waals surface area contributed by atoms with Crippen LogP contribution in [0.3, 0.4) is 0 Å². The van der Waals surface area contributed by atoms with Crippen molar-refractivity contribution in [3.8, 4) is 0 Å². The maximum atomic E-state index is 12.7. The van der Waals surface area contributed by atoms with E-state index in [2.05, 4.69) is 9.98 Å².